The van der Waals surface area contributed by atoms with Gasteiger partial charge in [0.25, 0.3) is 0 Å². The van der Waals surface area contributed by atoms with Gasteiger partial charge >= 0.3 is 18.2 Å². The molecule has 1 aromatic heterocycles. The number of carbonyl (C=O) groups is 3. The minimum atomic E-state index is -1.17. The van der Waals surface area contributed by atoms with Crippen molar-refractivity contribution < 1.29 is 33.4 Å². The summed E-state index contributed by atoms with van der Waals surface area (Å²) in [6.07, 6.45) is -0.470. The van der Waals surface area contributed by atoms with Crippen LogP contribution in [0.5, 0.6) is 0 Å². The fraction of sp³-hybridized carbons (Fsp3) is 0.387. The highest BCUT2D eigenvalue weighted by atomic mass is 16.6. The van der Waals surface area contributed by atoms with E-state index in [9.17, 15) is 19.5 Å². The number of carbonyl (C=O) groups excluding carboxylic acids is 2. The minimum absolute atomic E-state index is 0.0115. The molecule has 0 spiro atoms. The summed E-state index contributed by atoms with van der Waals surface area (Å²) in [5.74, 6) is -1.11. The Morgan fingerprint density at radius 1 is 1.05 bits per heavy atom. The number of furan rings is 1. The molecule has 2 aliphatic rings. The van der Waals surface area contributed by atoms with E-state index in [1.807, 2.05) is 24.3 Å². The second kappa shape index (κ2) is 10.7. The zero-order valence-corrected chi connectivity index (χ0v) is 23.2. The van der Waals surface area contributed by atoms with E-state index < -0.39 is 23.8 Å². The van der Waals surface area contributed by atoms with Gasteiger partial charge in [0, 0.05) is 24.6 Å². The SMILES string of the molecule is Cc1cc(CN(C(=O)OCC2c3ccccc3-c3ccccc32)C2CCN(C(=O)OC(C)(C)C)C2)oc1C(=O)O. The largest absolute Gasteiger partial charge is 0.475 e. The van der Waals surface area contributed by atoms with E-state index in [0.717, 1.165) is 22.3 Å². The van der Waals surface area contributed by atoms with Crippen molar-refractivity contribution in [3.8, 4) is 11.1 Å². The molecule has 9 nitrogen and oxygen atoms in total. The first-order valence-electron chi connectivity index (χ1n) is 13.4. The lowest BCUT2D eigenvalue weighted by atomic mass is 9.98. The maximum absolute atomic E-state index is 13.7. The number of hydrogen-bond acceptors (Lipinski definition) is 6. The Hall–Kier alpha value is -4.27. The van der Waals surface area contributed by atoms with E-state index in [1.165, 1.54) is 4.90 Å². The first kappa shape index (κ1) is 27.3. The molecular weight excluding hydrogens is 512 g/mol. The molecule has 3 aromatic rings. The summed E-state index contributed by atoms with van der Waals surface area (Å²) in [5.41, 5.74) is 4.30. The van der Waals surface area contributed by atoms with Gasteiger partial charge in [-0.2, -0.15) is 0 Å². The molecule has 9 heteroatoms. The third kappa shape index (κ3) is 5.54. The highest BCUT2D eigenvalue weighted by molar-refractivity contribution is 5.86. The summed E-state index contributed by atoms with van der Waals surface area (Å²) in [7, 11) is 0. The zero-order chi connectivity index (χ0) is 28.6. The Kier molecular flexibility index (Phi) is 7.31. The average molecular weight is 547 g/mol. The lowest BCUT2D eigenvalue weighted by Crippen LogP contribution is -2.43. The molecule has 0 bridgehead atoms. The topological polar surface area (TPSA) is 110 Å². The molecule has 0 radical (unpaired) electrons. The van der Waals surface area contributed by atoms with E-state index in [1.54, 1.807) is 38.7 Å². The molecule has 210 valence electrons. The highest BCUT2D eigenvalue weighted by Crippen LogP contribution is 2.44. The summed E-state index contributed by atoms with van der Waals surface area (Å²) >= 11 is 0. The van der Waals surface area contributed by atoms with Gasteiger partial charge in [-0.15, -0.1) is 0 Å². The van der Waals surface area contributed by atoms with Gasteiger partial charge in [0.05, 0.1) is 12.6 Å². The summed E-state index contributed by atoms with van der Waals surface area (Å²) in [6.45, 7) is 7.91. The van der Waals surface area contributed by atoms with Gasteiger partial charge in [-0.3, -0.25) is 4.90 Å². The summed E-state index contributed by atoms with van der Waals surface area (Å²) < 4.78 is 17.0. The number of fused-ring (bicyclic) bond motifs is 3. The van der Waals surface area contributed by atoms with Crippen molar-refractivity contribution in [2.45, 2.75) is 58.2 Å². The quantitative estimate of drug-likeness (QED) is 0.401. The number of likely N-dealkylation sites (tertiary alicyclic amines) is 1. The van der Waals surface area contributed by atoms with Gasteiger partial charge in [0.2, 0.25) is 5.76 Å². The van der Waals surface area contributed by atoms with Crippen LogP contribution >= 0.6 is 0 Å². The number of ether oxygens (including phenoxy) is 2. The maximum atomic E-state index is 13.7. The van der Waals surface area contributed by atoms with E-state index >= 15 is 0 Å². The number of hydrogen-bond donors (Lipinski definition) is 1. The lowest BCUT2D eigenvalue weighted by Gasteiger charge is -2.29. The monoisotopic (exact) mass is 546 g/mol. The van der Waals surface area contributed by atoms with Gasteiger partial charge in [0.15, 0.2) is 0 Å². The number of amides is 2. The van der Waals surface area contributed by atoms with Crippen LogP contribution in [0.25, 0.3) is 11.1 Å². The molecule has 0 saturated carbocycles. The Morgan fingerprint density at radius 2 is 1.68 bits per heavy atom. The van der Waals surface area contributed by atoms with Gasteiger partial charge < -0.3 is 23.9 Å². The molecule has 1 N–H and O–H groups in total. The predicted octanol–water partition coefficient (Wildman–Crippen LogP) is 6.05. The highest BCUT2D eigenvalue weighted by Gasteiger charge is 2.37. The Bertz CT molecular complexity index is 1390. The van der Waals surface area contributed by atoms with E-state index in [4.69, 9.17) is 13.9 Å². The molecule has 40 heavy (non-hydrogen) atoms. The molecule has 1 aliphatic carbocycles. The molecule has 1 saturated heterocycles. The number of nitrogens with zero attached hydrogens (tertiary/aromatic N) is 2. The van der Waals surface area contributed by atoms with Gasteiger partial charge in [-0.1, -0.05) is 48.5 Å². The second-order valence-corrected chi connectivity index (χ2v) is 11.3. The smallest absolute Gasteiger partial charge is 0.410 e. The number of carboxylic acid groups (broad SMARTS) is 1. The van der Waals surface area contributed by atoms with Crippen molar-refractivity contribution in [1.82, 2.24) is 9.80 Å². The average Bonchev–Trinajstić information content (AvgIpc) is 3.61. The fourth-order valence-electron chi connectivity index (χ4n) is 5.51. The van der Waals surface area contributed by atoms with Crippen LogP contribution in [0.3, 0.4) is 0 Å². The molecule has 1 unspecified atom stereocenters. The van der Waals surface area contributed by atoms with Gasteiger partial charge in [0.1, 0.15) is 18.0 Å². The summed E-state index contributed by atoms with van der Waals surface area (Å²) in [6, 6.07) is 17.5. The summed E-state index contributed by atoms with van der Waals surface area (Å²) in [4.78, 5) is 41.0. The first-order valence-corrected chi connectivity index (χ1v) is 13.4. The molecular formula is C31H34N2O7. The number of rotatable bonds is 6. The number of aryl methyl sites for hydroxylation is 1. The normalized spacial score (nSPS) is 16.4. The molecule has 1 aliphatic heterocycles. The van der Waals surface area contributed by atoms with E-state index in [0.29, 0.717) is 24.3 Å². The van der Waals surface area contributed by atoms with Gasteiger partial charge in [-0.05, 0) is 62.4 Å². The van der Waals surface area contributed by atoms with Crippen molar-refractivity contribution in [2.75, 3.05) is 19.7 Å². The minimum Gasteiger partial charge on any atom is -0.475 e. The van der Waals surface area contributed by atoms with Crippen molar-refractivity contribution in [3.63, 3.8) is 0 Å². The van der Waals surface area contributed by atoms with Crippen LogP contribution in [0.1, 0.15) is 66.1 Å². The van der Waals surface area contributed by atoms with Crippen molar-refractivity contribution in [3.05, 3.63) is 82.8 Å². The maximum Gasteiger partial charge on any atom is 0.410 e. The Balaban J connectivity index is 1.36. The van der Waals surface area contributed by atoms with Crippen LogP contribution < -0.4 is 0 Å². The van der Waals surface area contributed by atoms with E-state index in [2.05, 4.69) is 24.3 Å². The molecule has 2 aromatic carbocycles. The Labute approximate surface area is 233 Å². The Morgan fingerprint density at radius 3 is 2.25 bits per heavy atom. The molecule has 1 fully saturated rings. The van der Waals surface area contributed by atoms with E-state index in [-0.39, 0.29) is 37.4 Å². The predicted molar refractivity (Wildman–Crippen MR) is 147 cm³/mol. The van der Waals surface area contributed by atoms with Crippen LogP contribution in [0.2, 0.25) is 0 Å². The summed E-state index contributed by atoms with van der Waals surface area (Å²) in [5, 5.41) is 9.43. The van der Waals surface area contributed by atoms with Gasteiger partial charge in [-0.25, -0.2) is 14.4 Å². The lowest BCUT2D eigenvalue weighted by molar-refractivity contribution is 0.0270. The van der Waals surface area contributed by atoms with Crippen molar-refractivity contribution >= 4 is 18.2 Å². The van der Waals surface area contributed by atoms with Crippen LogP contribution in [0, 0.1) is 6.92 Å². The third-order valence-corrected chi connectivity index (χ3v) is 7.32. The van der Waals surface area contributed by atoms with Crippen LogP contribution in [-0.2, 0) is 16.0 Å². The molecule has 2 heterocycles. The fourth-order valence-corrected chi connectivity index (χ4v) is 5.51. The number of benzene rings is 2. The first-order chi connectivity index (χ1) is 19.0. The molecule has 5 rings (SSSR count). The number of aromatic carboxylic acids is 1. The van der Waals surface area contributed by atoms with Crippen LogP contribution in [-0.4, -0.2) is 64.4 Å². The van der Waals surface area contributed by atoms with Crippen molar-refractivity contribution in [1.29, 1.82) is 0 Å². The molecule has 1 atom stereocenters. The zero-order valence-electron chi connectivity index (χ0n) is 23.2. The third-order valence-electron chi connectivity index (χ3n) is 7.32. The standard InChI is InChI=1S/C31H34N2O7/c1-19-15-21(39-27(19)28(34)35)17-33(20-13-14-32(16-20)29(36)40-31(2,3)4)30(37)38-18-26-24-11-7-5-9-22(24)23-10-6-8-12-25(23)26/h5-12,15,20,26H,13-14,16-18H2,1-4H3,(H,34,35). The molecule has 2 amide bonds. The number of carboxylic acids is 1. The van der Waals surface area contributed by atoms with Crippen LogP contribution in [0.15, 0.2) is 59.0 Å². The van der Waals surface area contributed by atoms with Crippen LogP contribution in [0.4, 0.5) is 9.59 Å². The second-order valence-electron chi connectivity index (χ2n) is 11.3. The van der Waals surface area contributed by atoms with Crippen molar-refractivity contribution in [2.24, 2.45) is 0 Å².